The molecule has 0 radical (unpaired) electrons. The third-order valence-electron chi connectivity index (χ3n) is 4.04. The van der Waals surface area contributed by atoms with E-state index >= 15 is 0 Å². The van der Waals surface area contributed by atoms with Crippen molar-refractivity contribution in [3.63, 3.8) is 0 Å². The van der Waals surface area contributed by atoms with Crippen molar-refractivity contribution in [1.29, 1.82) is 0 Å². The van der Waals surface area contributed by atoms with Crippen LogP contribution >= 0.6 is 0 Å². The lowest BCUT2D eigenvalue weighted by Crippen LogP contribution is -2.07. The molecule has 0 fully saturated rings. The first kappa shape index (κ1) is 19.5. The van der Waals surface area contributed by atoms with Gasteiger partial charge in [-0.25, -0.2) is 0 Å². The topological polar surface area (TPSA) is 64.8 Å². The van der Waals surface area contributed by atoms with E-state index in [1.54, 1.807) is 0 Å². The summed E-state index contributed by atoms with van der Waals surface area (Å²) in [6, 6.07) is 0. The van der Waals surface area contributed by atoms with Gasteiger partial charge in [0.2, 0.25) is 0 Å². The average Bonchev–Trinajstić information content (AvgIpc) is 2.95. The summed E-state index contributed by atoms with van der Waals surface area (Å²) in [4.78, 5) is 23.1. The van der Waals surface area contributed by atoms with Crippen LogP contribution in [0.15, 0.2) is 6.20 Å². The molecule has 5 nitrogen and oxygen atoms in total. The Labute approximate surface area is 139 Å². The maximum Gasteiger partial charge on any atom is 0.135 e. The Morgan fingerprint density at radius 2 is 1.52 bits per heavy atom. The summed E-state index contributed by atoms with van der Waals surface area (Å²) in [5.41, 5.74) is 0.986. The van der Waals surface area contributed by atoms with E-state index in [4.69, 9.17) is 0 Å². The molecule has 0 aliphatic carbocycles. The molecule has 0 aliphatic rings. The van der Waals surface area contributed by atoms with E-state index < -0.39 is 0 Å². The first-order valence-electron chi connectivity index (χ1n) is 8.84. The molecule has 1 aromatic heterocycles. The van der Waals surface area contributed by atoms with Gasteiger partial charge in [0.05, 0.1) is 5.69 Å². The molecule has 23 heavy (non-hydrogen) atoms. The van der Waals surface area contributed by atoms with Gasteiger partial charge in [-0.3, -0.25) is 14.3 Å². The minimum absolute atomic E-state index is 0.135. The highest BCUT2D eigenvalue weighted by atomic mass is 16.1. The second-order valence-electron chi connectivity index (χ2n) is 6.88. The van der Waals surface area contributed by atoms with E-state index in [-0.39, 0.29) is 11.8 Å². The predicted octanol–water partition coefficient (Wildman–Crippen LogP) is 3.61. The van der Waals surface area contributed by atoms with Gasteiger partial charge in [-0.15, -0.1) is 5.10 Å². The van der Waals surface area contributed by atoms with Crippen LogP contribution in [0.25, 0.3) is 0 Å². The first-order chi connectivity index (χ1) is 10.9. The highest BCUT2D eigenvalue weighted by Gasteiger charge is 2.08. The number of carbonyl (C=O) groups is 2. The van der Waals surface area contributed by atoms with Crippen LogP contribution in [-0.2, 0) is 22.6 Å². The van der Waals surface area contributed by atoms with Crippen molar-refractivity contribution in [3.8, 4) is 0 Å². The minimum Gasteiger partial charge on any atom is -0.299 e. The number of hydrogen-bond acceptors (Lipinski definition) is 4. The van der Waals surface area contributed by atoms with Crippen LogP contribution in [0, 0.1) is 11.8 Å². The highest BCUT2D eigenvalue weighted by molar-refractivity contribution is 5.80. The Morgan fingerprint density at radius 3 is 2.09 bits per heavy atom. The van der Waals surface area contributed by atoms with Gasteiger partial charge in [0.15, 0.2) is 0 Å². The van der Waals surface area contributed by atoms with Gasteiger partial charge in [0, 0.05) is 37.4 Å². The molecular weight excluding hydrogens is 290 g/mol. The number of ketones is 2. The lowest BCUT2D eigenvalue weighted by molar-refractivity contribution is -0.122. The molecule has 1 aromatic rings. The molecule has 1 heterocycles. The second kappa shape index (κ2) is 10.3. The van der Waals surface area contributed by atoms with E-state index in [0.717, 1.165) is 44.3 Å². The fourth-order valence-corrected chi connectivity index (χ4v) is 2.32. The number of rotatable bonds is 12. The zero-order valence-corrected chi connectivity index (χ0v) is 15.0. The number of hydrogen-bond donors (Lipinski definition) is 0. The fourth-order valence-electron chi connectivity index (χ4n) is 2.32. The summed E-state index contributed by atoms with van der Waals surface area (Å²) >= 11 is 0. The van der Waals surface area contributed by atoms with Gasteiger partial charge in [0.25, 0.3) is 0 Å². The molecule has 0 aliphatic heterocycles. The molecule has 0 aromatic carbocycles. The van der Waals surface area contributed by atoms with E-state index in [1.165, 1.54) is 0 Å². The molecule has 0 spiro atoms. The number of aromatic nitrogens is 3. The molecule has 0 saturated heterocycles. The van der Waals surface area contributed by atoms with E-state index in [2.05, 4.69) is 10.3 Å². The van der Waals surface area contributed by atoms with Gasteiger partial charge in [-0.1, -0.05) is 32.9 Å². The smallest absolute Gasteiger partial charge is 0.135 e. The van der Waals surface area contributed by atoms with Gasteiger partial charge in [0.1, 0.15) is 11.6 Å². The van der Waals surface area contributed by atoms with Gasteiger partial charge in [-0.05, 0) is 32.1 Å². The van der Waals surface area contributed by atoms with Crippen LogP contribution < -0.4 is 0 Å². The molecule has 0 atom stereocenters. The maximum atomic E-state index is 11.5. The Kier molecular flexibility index (Phi) is 8.74. The number of carbonyl (C=O) groups excluding carboxylic acids is 2. The molecule has 130 valence electrons. The lowest BCUT2D eigenvalue weighted by atomic mass is 10.0. The molecule has 0 amide bonds. The Morgan fingerprint density at radius 1 is 0.957 bits per heavy atom. The Balaban J connectivity index is 2.17. The number of Topliss-reactive ketones (excluding diaryl/α,β-unsaturated/α-hetero) is 2. The average molecular weight is 321 g/mol. The second-order valence-corrected chi connectivity index (χ2v) is 6.88. The zero-order valence-electron chi connectivity index (χ0n) is 15.0. The standard InChI is InChI=1S/C18H31N3O2/c1-14(2)17(22)10-6-5-9-16-13-21(20-19-16)12-8-7-11-18(23)15(3)4/h13-15H,5-12H2,1-4H3. The van der Waals surface area contributed by atoms with Crippen molar-refractivity contribution in [1.82, 2.24) is 15.0 Å². The Bertz CT molecular complexity index is 450. The SMILES string of the molecule is CC(C)C(=O)CCCCc1cn(CCCCC(=O)C(C)C)nn1. The summed E-state index contributed by atoms with van der Waals surface area (Å²) < 4.78 is 1.86. The summed E-state index contributed by atoms with van der Waals surface area (Å²) in [7, 11) is 0. The molecule has 5 heteroatoms. The third-order valence-corrected chi connectivity index (χ3v) is 4.04. The summed E-state index contributed by atoms with van der Waals surface area (Å²) in [6.45, 7) is 8.59. The highest BCUT2D eigenvalue weighted by Crippen LogP contribution is 2.09. The molecule has 0 bridgehead atoms. The third kappa shape index (κ3) is 8.05. The van der Waals surface area contributed by atoms with E-state index in [9.17, 15) is 9.59 Å². The summed E-state index contributed by atoms with van der Waals surface area (Å²) in [5, 5.41) is 8.30. The monoisotopic (exact) mass is 321 g/mol. The number of nitrogens with zero attached hydrogens (tertiary/aromatic N) is 3. The van der Waals surface area contributed by atoms with Crippen molar-refractivity contribution in [2.75, 3.05) is 0 Å². The van der Waals surface area contributed by atoms with Gasteiger partial charge in [-0.2, -0.15) is 0 Å². The van der Waals surface area contributed by atoms with Gasteiger partial charge >= 0.3 is 0 Å². The van der Waals surface area contributed by atoms with Crippen molar-refractivity contribution in [2.45, 2.75) is 79.2 Å². The number of aryl methyl sites for hydroxylation is 2. The number of unbranched alkanes of at least 4 members (excludes halogenated alkanes) is 2. The molecule has 0 saturated carbocycles. The zero-order chi connectivity index (χ0) is 17.2. The van der Waals surface area contributed by atoms with Crippen molar-refractivity contribution < 1.29 is 9.59 Å². The largest absolute Gasteiger partial charge is 0.299 e. The van der Waals surface area contributed by atoms with Crippen LogP contribution in [-0.4, -0.2) is 26.6 Å². The fraction of sp³-hybridized carbons (Fsp3) is 0.778. The predicted molar refractivity (Wildman–Crippen MR) is 91.1 cm³/mol. The van der Waals surface area contributed by atoms with Gasteiger partial charge < -0.3 is 0 Å². The molecule has 1 rings (SSSR count). The van der Waals surface area contributed by atoms with E-state index in [1.807, 2.05) is 38.6 Å². The van der Waals surface area contributed by atoms with E-state index in [0.29, 0.717) is 24.4 Å². The lowest BCUT2D eigenvalue weighted by Gasteiger charge is -2.03. The molecular formula is C18H31N3O2. The van der Waals surface area contributed by atoms with Crippen LogP contribution in [0.5, 0.6) is 0 Å². The van der Waals surface area contributed by atoms with Crippen molar-refractivity contribution >= 4 is 11.6 Å². The summed E-state index contributed by atoms with van der Waals surface area (Å²) in [6.07, 6.45) is 7.92. The summed E-state index contributed by atoms with van der Waals surface area (Å²) in [5.74, 6) is 0.943. The molecule has 0 unspecified atom stereocenters. The van der Waals surface area contributed by atoms with Crippen LogP contribution in [0.4, 0.5) is 0 Å². The van der Waals surface area contributed by atoms with Crippen LogP contribution in [0.2, 0.25) is 0 Å². The first-order valence-corrected chi connectivity index (χ1v) is 8.84. The quantitative estimate of drug-likeness (QED) is 0.552. The minimum atomic E-state index is 0.135. The van der Waals surface area contributed by atoms with Crippen LogP contribution in [0.1, 0.15) is 71.9 Å². The normalized spacial score (nSPS) is 11.4. The van der Waals surface area contributed by atoms with Crippen LogP contribution in [0.3, 0.4) is 0 Å². The molecule has 0 N–H and O–H groups in total. The van der Waals surface area contributed by atoms with Crippen molar-refractivity contribution in [2.24, 2.45) is 11.8 Å². The van der Waals surface area contributed by atoms with Crippen molar-refractivity contribution in [3.05, 3.63) is 11.9 Å². The maximum absolute atomic E-state index is 11.5. The Hall–Kier alpha value is -1.52.